The van der Waals surface area contributed by atoms with Crippen LogP contribution in [-0.2, 0) is 20.6 Å². The van der Waals surface area contributed by atoms with E-state index in [1.54, 1.807) is 13.4 Å². The Hall–Kier alpha value is -2.38. The predicted molar refractivity (Wildman–Crippen MR) is 124 cm³/mol. The van der Waals surface area contributed by atoms with Crippen LogP contribution in [0.4, 0.5) is 0 Å². The van der Waals surface area contributed by atoms with Crippen LogP contribution in [0.5, 0.6) is 0 Å². The number of nitrogens with zero attached hydrogens (tertiary/aromatic N) is 5. The fourth-order valence-electron chi connectivity index (χ4n) is 4.59. The maximum Gasteiger partial charge on any atom is 0.332 e. The van der Waals surface area contributed by atoms with Gasteiger partial charge in [-0.15, -0.1) is 0 Å². The van der Waals surface area contributed by atoms with E-state index in [0.29, 0.717) is 17.1 Å². The van der Waals surface area contributed by atoms with E-state index >= 15 is 0 Å². The van der Waals surface area contributed by atoms with Crippen LogP contribution in [0.15, 0.2) is 40.2 Å². The molecule has 0 saturated carbocycles. The molecule has 4 rings (SSSR count). The highest BCUT2D eigenvalue weighted by molar-refractivity contribution is 6.30. The number of fused-ring (bicyclic) bond motifs is 1. The van der Waals surface area contributed by atoms with Gasteiger partial charge in [-0.2, -0.15) is 0 Å². The number of imidazole rings is 1. The molecule has 0 radical (unpaired) electrons. The van der Waals surface area contributed by atoms with E-state index in [0.717, 1.165) is 55.0 Å². The molecule has 8 heteroatoms. The number of hydrogen-bond acceptors (Lipinski definition) is 4. The molecule has 0 amide bonds. The lowest BCUT2D eigenvalue weighted by molar-refractivity contribution is 0.208. The van der Waals surface area contributed by atoms with Crippen molar-refractivity contribution < 1.29 is 0 Å². The van der Waals surface area contributed by atoms with Gasteiger partial charge < -0.3 is 9.47 Å². The van der Waals surface area contributed by atoms with E-state index in [2.05, 4.69) is 22.0 Å². The summed E-state index contributed by atoms with van der Waals surface area (Å²) in [5.74, 6) is 0.640. The Morgan fingerprint density at radius 3 is 2.35 bits per heavy atom. The van der Waals surface area contributed by atoms with Gasteiger partial charge in [0.15, 0.2) is 11.2 Å². The molecule has 1 aliphatic rings. The largest absolute Gasteiger partial charge is 0.332 e. The van der Waals surface area contributed by atoms with E-state index in [9.17, 15) is 9.59 Å². The Morgan fingerprint density at radius 2 is 1.65 bits per heavy atom. The summed E-state index contributed by atoms with van der Waals surface area (Å²) in [5.41, 5.74) is 1.74. The fourth-order valence-corrected chi connectivity index (χ4v) is 4.71. The third-order valence-electron chi connectivity index (χ3n) is 6.52. The van der Waals surface area contributed by atoms with Crippen molar-refractivity contribution in [3.63, 3.8) is 0 Å². The van der Waals surface area contributed by atoms with Crippen molar-refractivity contribution in [1.29, 1.82) is 0 Å². The molecule has 1 aliphatic heterocycles. The third kappa shape index (κ3) is 4.62. The van der Waals surface area contributed by atoms with Crippen LogP contribution in [-0.4, -0.2) is 43.2 Å². The maximum absolute atomic E-state index is 12.5. The monoisotopic (exact) mass is 443 g/mol. The first-order valence-corrected chi connectivity index (χ1v) is 11.4. The topological polar surface area (TPSA) is 65.1 Å². The molecular formula is C23H30ClN5O2. The van der Waals surface area contributed by atoms with Crippen molar-refractivity contribution in [2.75, 3.05) is 19.6 Å². The lowest BCUT2D eigenvalue weighted by atomic mass is 9.89. The molecular weight excluding hydrogens is 414 g/mol. The molecule has 0 aliphatic carbocycles. The predicted octanol–water partition coefficient (Wildman–Crippen LogP) is 3.14. The number of piperidine rings is 1. The molecule has 3 aromatic rings. The van der Waals surface area contributed by atoms with Crippen LogP contribution in [0, 0.1) is 0 Å². The van der Waals surface area contributed by atoms with Crippen LogP contribution in [0.25, 0.3) is 11.2 Å². The van der Waals surface area contributed by atoms with Crippen molar-refractivity contribution in [2.24, 2.45) is 14.1 Å². The molecule has 0 bridgehead atoms. The van der Waals surface area contributed by atoms with Gasteiger partial charge in [0, 0.05) is 25.7 Å². The summed E-state index contributed by atoms with van der Waals surface area (Å²) in [7, 11) is 3.16. The number of unbranched alkanes of at least 4 members (excludes halogenated alkanes) is 2. The van der Waals surface area contributed by atoms with Gasteiger partial charge in [0.2, 0.25) is 0 Å². The number of aromatic nitrogens is 4. The Morgan fingerprint density at radius 1 is 0.968 bits per heavy atom. The summed E-state index contributed by atoms with van der Waals surface area (Å²) >= 11 is 6.00. The minimum atomic E-state index is -0.345. The molecule has 1 aromatic carbocycles. The SMILES string of the molecule is Cn1c(=O)c2c(ncn2CCCCCN2CCC(c3ccc(Cl)cc3)CC2)n(C)c1=O. The van der Waals surface area contributed by atoms with Crippen molar-refractivity contribution in [3.05, 3.63) is 62.0 Å². The standard InChI is InChI=1S/C23H30ClN5O2/c1-26-21-20(22(30)27(2)23(26)31)29(16-25-21)13-5-3-4-12-28-14-10-18(11-15-28)17-6-8-19(24)9-7-17/h6-9,16,18H,3-5,10-15H2,1-2H3. The third-order valence-corrected chi connectivity index (χ3v) is 6.77. The minimum absolute atomic E-state index is 0.279. The average Bonchev–Trinajstić information content (AvgIpc) is 3.21. The molecule has 2 aromatic heterocycles. The molecule has 1 saturated heterocycles. The lowest BCUT2D eigenvalue weighted by Crippen LogP contribution is -2.37. The molecule has 0 unspecified atom stereocenters. The van der Waals surface area contributed by atoms with Gasteiger partial charge >= 0.3 is 5.69 Å². The van der Waals surface area contributed by atoms with Gasteiger partial charge in [-0.3, -0.25) is 13.9 Å². The zero-order valence-electron chi connectivity index (χ0n) is 18.3. The average molecular weight is 444 g/mol. The van der Waals surface area contributed by atoms with Crippen molar-refractivity contribution in [1.82, 2.24) is 23.6 Å². The number of benzene rings is 1. The first-order chi connectivity index (χ1) is 15.0. The summed E-state index contributed by atoms with van der Waals surface area (Å²) in [6, 6.07) is 8.30. The summed E-state index contributed by atoms with van der Waals surface area (Å²) in [5, 5.41) is 0.800. The van der Waals surface area contributed by atoms with Gasteiger partial charge in [0.25, 0.3) is 5.56 Å². The van der Waals surface area contributed by atoms with Crippen LogP contribution in [0.3, 0.4) is 0 Å². The zero-order valence-corrected chi connectivity index (χ0v) is 19.0. The highest BCUT2D eigenvalue weighted by atomic mass is 35.5. The molecule has 1 fully saturated rings. The number of halogens is 1. The number of rotatable bonds is 7. The smallest absolute Gasteiger partial charge is 0.325 e. The van der Waals surface area contributed by atoms with Crippen molar-refractivity contribution >= 4 is 22.8 Å². The first-order valence-electron chi connectivity index (χ1n) is 11.0. The van der Waals surface area contributed by atoms with E-state index in [1.807, 2.05) is 16.7 Å². The van der Waals surface area contributed by atoms with E-state index in [1.165, 1.54) is 30.0 Å². The van der Waals surface area contributed by atoms with Gasteiger partial charge in [-0.05, 0) is 68.9 Å². The minimum Gasteiger partial charge on any atom is -0.325 e. The zero-order chi connectivity index (χ0) is 22.0. The Bertz CT molecular complexity index is 1150. The summed E-state index contributed by atoms with van der Waals surface area (Å²) in [6.07, 6.45) is 7.30. The second-order valence-electron chi connectivity index (χ2n) is 8.54. The second kappa shape index (κ2) is 9.40. The van der Waals surface area contributed by atoms with Crippen molar-refractivity contribution in [2.45, 2.75) is 44.6 Å². The number of aryl methyl sites for hydroxylation is 2. The quantitative estimate of drug-likeness (QED) is 0.526. The van der Waals surface area contributed by atoms with E-state index in [4.69, 9.17) is 11.6 Å². The Balaban J connectivity index is 1.23. The normalized spacial score (nSPS) is 15.7. The Labute approximate surface area is 186 Å². The van der Waals surface area contributed by atoms with E-state index < -0.39 is 0 Å². The summed E-state index contributed by atoms with van der Waals surface area (Å²) < 4.78 is 4.46. The molecule has 166 valence electrons. The molecule has 0 spiro atoms. The fraction of sp³-hybridized carbons (Fsp3) is 0.522. The number of likely N-dealkylation sites (tertiary alicyclic amines) is 1. The van der Waals surface area contributed by atoms with Gasteiger partial charge in [-0.25, -0.2) is 9.78 Å². The van der Waals surface area contributed by atoms with Gasteiger partial charge in [0.1, 0.15) is 0 Å². The summed E-state index contributed by atoms with van der Waals surface area (Å²) in [6.45, 7) is 4.14. The summed E-state index contributed by atoms with van der Waals surface area (Å²) in [4.78, 5) is 31.4. The molecule has 0 N–H and O–H groups in total. The Kier molecular flexibility index (Phi) is 6.62. The highest BCUT2D eigenvalue weighted by Crippen LogP contribution is 2.28. The molecule has 3 heterocycles. The van der Waals surface area contributed by atoms with Crippen LogP contribution in [0.2, 0.25) is 5.02 Å². The van der Waals surface area contributed by atoms with Gasteiger partial charge in [-0.1, -0.05) is 30.2 Å². The molecule has 7 nitrogen and oxygen atoms in total. The second-order valence-corrected chi connectivity index (χ2v) is 8.98. The maximum atomic E-state index is 12.5. The molecule has 0 atom stereocenters. The molecule has 31 heavy (non-hydrogen) atoms. The van der Waals surface area contributed by atoms with Crippen LogP contribution in [0.1, 0.15) is 43.6 Å². The first kappa shape index (κ1) is 21.8. The highest BCUT2D eigenvalue weighted by Gasteiger charge is 2.20. The van der Waals surface area contributed by atoms with E-state index in [-0.39, 0.29) is 11.2 Å². The lowest BCUT2D eigenvalue weighted by Gasteiger charge is -2.32. The van der Waals surface area contributed by atoms with Gasteiger partial charge in [0.05, 0.1) is 6.33 Å². The number of hydrogen-bond donors (Lipinski definition) is 0. The van der Waals surface area contributed by atoms with Crippen LogP contribution < -0.4 is 11.2 Å². The van der Waals surface area contributed by atoms with Crippen molar-refractivity contribution in [3.8, 4) is 0 Å². The van der Waals surface area contributed by atoms with Crippen LogP contribution >= 0.6 is 11.6 Å².